The molecule has 21 heavy (non-hydrogen) atoms. The number of nitrogens with zero attached hydrogens (tertiary/aromatic N) is 3. The zero-order valence-corrected chi connectivity index (χ0v) is 15.7. The Balaban J connectivity index is 1.90. The summed E-state index contributed by atoms with van der Waals surface area (Å²) in [5.41, 5.74) is 2.89. The molecule has 2 aromatic rings. The molecule has 1 aliphatic rings. The van der Waals surface area contributed by atoms with Crippen LogP contribution in [0, 0.1) is 0 Å². The molecule has 0 saturated heterocycles. The predicted molar refractivity (Wildman–Crippen MR) is 95.0 cm³/mol. The van der Waals surface area contributed by atoms with Gasteiger partial charge in [-0.05, 0) is 44.0 Å². The molecule has 0 bridgehead atoms. The van der Waals surface area contributed by atoms with Crippen LogP contribution in [0.1, 0.15) is 5.69 Å². The average molecular weight is 469 g/mol. The molecule has 0 fully saturated rings. The van der Waals surface area contributed by atoms with E-state index >= 15 is 0 Å². The zero-order valence-electron chi connectivity index (χ0n) is 10.2. The molecule has 0 saturated carbocycles. The second kappa shape index (κ2) is 6.34. The lowest BCUT2D eigenvalue weighted by atomic mass is 10.2. The summed E-state index contributed by atoms with van der Waals surface area (Å²) in [5, 5.41) is 4.26. The van der Waals surface area contributed by atoms with Crippen LogP contribution < -0.4 is 5.32 Å². The fourth-order valence-electron chi connectivity index (χ4n) is 1.79. The van der Waals surface area contributed by atoms with Gasteiger partial charge in [0.1, 0.15) is 11.4 Å². The molecule has 0 amide bonds. The van der Waals surface area contributed by atoms with E-state index in [1.165, 1.54) is 0 Å². The van der Waals surface area contributed by atoms with Gasteiger partial charge < -0.3 is 5.32 Å². The third-order valence-electron chi connectivity index (χ3n) is 2.76. The Morgan fingerprint density at radius 2 is 1.86 bits per heavy atom. The number of pyridine rings is 1. The highest BCUT2D eigenvalue weighted by atomic mass is 79.9. The zero-order chi connectivity index (χ0) is 15.0. The molecule has 0 spiro atoms. The molecule has 0 aliphatic carbocycles. The van der Waals surface area contributed by atoms with Gasteiger partial charge in [-0.2, -0.15) is 8.73 Å². The van der Waals surface area contributed by atoms with Gasteiger partial charge in [-0.25, -0.2) is 0 Å². The lowest BCUT2D eigenvalue weighted by Crippen LogP contribution is -2.03. The van der Waals surface area contributed by atoms with Gasteiger partial charge in [-0.3, -0.25) is 4.98 Å². The summed E-state index contributed by atoms with van der Waals surface area (Å²) >= 11 is 20.3. The van der Waals surface area contributed by atoms with Gasteiger partial charge >= 0.3 is 0 Å². The molecule has 1 aromatic carbocycles. The molecular formula is C12H6Br2Cl2N4S. The highest BCUT2D eigenvalue weighted by molar-refractivity contribution is 9.11. The first-order chi connectivity index (χ1) is 10.1. The van der Waals surface area contributed by atoms with E-state index in [2.05, 4.69) is 50.9 Å². The topological polar surface area (TPSA) is 49.6 Å². The van der Waals surface area contributed by atoms with Gasteiger partial charge in [0, 0.05) is 15.1 Å². The van der Waals surface area contributed by atoms with E-state index in [1.807, 2.05) is 6.07 Å². The van der Waals surface area contributed by atoms with Crippen LogP contribution in [0.5, 0.6) is 0 Å². The van der Waals surface area contributed by atoms with Crippen molar-refractivity contribution in [2.45, 2.75) is 6.54 Å². The molecule has 9 heteroatoms. The summed E-state index contributed by atoms with van der Waals surface area (Å²) in [6, 6.07) is 3.60. The van der Waals surface area contributed by atoms with Crippen LogP contribution in [-0.4, -0.2) is 4.98 Å². The third-order valence-corrected chi connectivity index (χ3v) is 5.00. The SMILES string of the molecule is Clc1cc(Cl)c(NCc2ncc(Br)cc2Br)c2c1N=S=N2. The first kappa shape index (κ1) is 15.4. The van der Waals surface area contributed by atoms with Crippen molar-refractivity contribution in [2.75, 3.05) is 5.32 Å². The molecule has 0 atom stereocenters. The van der Waals surface area contributed by atoms with Gasteiger partial charge in [0.05, 0.1) is 39.3 Å². The van der Waals surface area contributed by atoms with Crippen molar-refractivity contribution < 1.29 is 0 Å². The van der Waals surface area contributed by atoms with E-state index in [0.717, 1.165) is 26.0 Å². The van der Waals surface area contributed by atoms with Crippen LogP contribution in [0.2, 0.25) is 10.0 Å². The third kappa shape index (κ3) is 3.17. The van der Waals surface area contributed by atoms with E-state index in [4.69, 9.17) is 23.2 Å². The molecule has 2 heterocycles. The fraction of sp³-hybridized carbons (Fsp3) is 0.0833. The molecular weight excluding hydrogens is 463 g/mol. The average Bonchev–Trinajstić information content (AvgIpc) is 2.90. The van der Waals surface area contributed by atoms with E-state index in [1.54, 1.807) is 12.3 Å². The Bertz CT molecular complexity index is 806. The smallest absolute Gasteiger partial charge is 0.130 e. The van der Waals surface area contributed by atoms with E-state index in [0.29, 0.717) is 33.7 Å². The number of hydrogen-bond acceptors (Lipinski definition) is 4. The van der Waals surface area contributed by atoms with Crippen molar-refractivity contribution in [3.63, 3.8) is 0 Å². The summed E-state index contributed by atoms with van der Waals surface area (Å²) in [6.45, 7) is 0.502. The minimum atomic E-state index is 0.497. The highest BCUT2D eigenvalue weighted by Crippen LogP contribution is 2.47. The molecule has 1 aliphatic heterocycles. The summed E-state index contributed by atoms with van der Waals surface area (Å²) < 4.78 is 10.2. The lowest BCUT2D eigenvalue weighted by Gasteiger charge is -2.12. The van der Waals surface area contributed by atoms with Crippen LogP contribution >= 0.6 is 55.1 Å². The van der Waals surface area contributed by atoms with Gasteiger partial charge in [-0.1, -0.05) is 23.2 Å². The van der Waals surface area contributed by atoms with Gasteiger partial charge in [0.2, 0.25) is 0 Å². The largest absolute Gasteiger partial charge is 0.376 e. The van der Waals surface area contributed by atoms with Crippen molar-refractivity contribution in [1.82, 2.24) is 4.98 Å². The molecule has 3 rings (SSSR count). The van der Waals surface area contributed by atoms with Crippen molar-refractivity contribution in [2.24, 2.45) is 8.73 Å². The fourth-order valence-corrected chi connectivity index (χ4v) is 4.09. The summed E-state index contributed by atoms with van der Waals surface area (Å²) in [5.74, 6) is 0. The lowest BCUT2D eigenvalue weighted by molar-refractivity contribution is 1.03. The highest BCUT2D eigenvalue weighted by Gasteiger charge is 2.18. The van der Waals surface area contributed by atoms with Gasteiger partial charge in [-0.15, -0.1) is 0 Å². The van der Waals surface area contributed by atoms with Crippen LogP contribution in [0.3, 0.4) is 0 Å². The Labute approximate surface area is 151 Å². The van der Waals surface area contributed by atoms with Gasteiger partial charge in [0.25, 0.3) is 0 Å². The quantitative estimate of drug-likeness (QED) is 0.493. The molecule has 1 aromatic heterocycles. The maximum absolute atomic E-state index is 6.25. The Morgan fingerprint density at radius 3 is 2.62 bits per heavy atom. The van der Waals surface area contributed by atoms with E-state index in [9.17, 15) is 0 Å². The minimum absolute atomic E-state index is 0.497. The maximum atomic E-state index is 6.25. The van der Waals surface area contributed by atoms with Crippen molar-refractivity contribution in [3.8, 4) is 0 Å². The molecule has 0 radical (unpaired) electrons. The number of fused-ring (bicyclic) bond motifs is 1. The second-order valence-corrected chi connectivity index (χ2v) is 7.23. The molecule has 108 valence electrons. The van der Waals surface area contributed by atoms with Gasteiger partial charge in [0.15, 0.2) is 0 Å². The summed E-state index contributed by atoms with van der Waals surface area (Å²) in [7, 11) is 0. The Hall–Kier alpha value is -0.470. The monoisotopic (exact) mass is 466 g/mol. The number of rotatable bonds is 3. The Kier molecular flexibility index (Phi) is 4.66. The minimum Gasteiger partial charge on any atom is -0.376 e. The van der Waals surface area contributed by atoms with Crippen molar-refractivity contribution in [1.29, 1.82) is 0 Å². The number of aromatic nitrogens is 1. The molecule has 1 N–H and O–H groups in total. The first-order valence-electron chi connectivity index (χ1n) is 5.70. The van der Waals surface area contributed by atoms with E-state index in [-0.39, 0.29) is 0 Å². The number of halogens is 4. The van der Waals surface area contributed by atoms with Crippen molar-refractivity contribution in [3.05, 3.63) is 43.0 Å². The van der Waals surface area contributed by atoms with Crippen LogP contribution in [0.15, 0.2) is 36.0 Å². The maximum Gasteiger partial charge on any atom is 0.130 e. The number of hydrogen-bond donors (Lipinski definition) is 1. The number of anilines is 1. The van der Waals surface area contributed by atoms with E-state index < -0.39 is 0 Å². The number of benzene rings is 1. The van der Waals surface area contributed by atoms with Crippen LogP contribution in [0.25, 0.3) is 0 Å². The standard InChI is InChI=1S/C12H6Br2Cl2N4S/c13-5-1-6(14)9(17-3-5)4-18-10-7(15)2-8(16)11-12(10)20-21-19-11/h1-3,18H,4H2. The Morgan fingerprint density at radius 1 is 1.10 bits per heavy atom. The summed E-state index contributed by atoms with van der Waals surface area (Å²) in [4.78, 5) is 4.35. The van der Waals surface area contributed by atoms with Crippen LogP contribution in [-0.2, 0) is 17.9 Å². The predicted octanol–water partition coefficient (Wildman–Crippen LogP) is 6.25. The molecule has 0 unspecified atom stereocenters. The number of nitrogens with one attached hydrogen (secondary N) is 1. The summed E-state index contributed by atoms with van der Waals surface area (Å²) in [6.07, 6.45) is 1.74. The first-order valence-corrected chi connectivity index (χ1v) is 8.77. The molecule has 4 nitrogen and oxygen atoms in total. The normalized spacial score (nSPS) is 12.2. The second-order valence-electron chi connectivity index (χ2n) is 4.11. The van der Waals surface area contributed by atoms with Crippen molar-refractivity contribution >= 4 is 83.5 Å². The van der Waals surface area contributed by atoms with Crippen LogP contribution in [0.4, 0.5) is 17.1 Å².